The number of alkyl halides is 3. The number of carbonyl (C=O) groups is 2. The molecule has 18 heteroatoms. The number of nitrogens with zero attached hydrogens (tertiary/aromatic N) is 6. The number of anilines is 6. The van der Waals surface area contributed by atoms with Crippen molar-refractivity contribution in [1.29, 1.82) is 0 Å². The van der Waals surface area contributed by atoms with Gasteiger partial charge in [0.05, 0.1) is 6.26 Å². The summed E-state index contributed by atoms with van der Waals surface area (Å²) in [6.07, 6.45) is -0.874. The van der Waals surface area contributed by atoms with Crippen molar-refractivity contribution in [3.8, 4) is 0 Å². The SMILES string of the molecule is CN(c1ncccc1CNc1nc(Nc2ccc(N3CCN(Cc4cccc(NC5CCC(=O)NC5=O)c4)CC3)cc2)ncc1C(F)(F)F)S(C)(=O)=O. The fourth-order valence-corrected chi connectivity index (χ4v) is 6.55. The van der Waals surface area contributed by atoms with Gasteiger partial charge in [-0.15, -0.1) is 0 Å². The molecule has 4 aromatic rings. The van der Waals surface area contributed by atoms with E-state index in [0.29, 0.717) is 30.3 Å². The molecule has 2 fully saturated rings. The first-order chi connectivity index (χ1) is 25.2. The monoisotopic (exact) mass is 752 g/mol. The second-order valence-electron chi connectivity index (χ2n) is 12.8. The van der Waals surface area contributed by atoms with E-state index in [0.717, 1.165) is 60.2 Å². The smallest absolute Gasteiger partial charge is 0.374 e. The first kappa shape index (κ1) is 37.3. The van der Waals surface area contributed by atoms with Crippen LogP contribution in [0.25, 0.3) is 0 Å². The third kappa shape index (κ3) is 9.50. The number of benzene rings is 2. The number of sulfonamides is 1. The van der Waals surface area contributed by atoms with Gasteiger partial charge in [-0.3, -0.25) is 24.1 Å². The van der Waals surface area contributed by atoms with Gasteiger partial charge >= 0.3 is 6.18 Å². The molecular weight excluding hydrogens is 714 g/mol. The molecule has 280 valence electrons. The number of rotatable bonds is 12. The van der Waals surface area contributed by atoms with E-state index >= 15 is 0 Å². The summed E-state index contributed by atoms with van der Waals surface area (Å²) in [6.45, 7) is 3.79. The van der Waals surface area contributed by atoms with E-state index in [2.05, 4.69) is 46.0 Å². The molecule has 14 nitrogen and oxygen atoms in total. The van der Waals surface area contributed by atoms with Crippen LogP contribution in [0.3, 0.4) is 0 Å². The van der Waals surface area contributed by atoms with Gasteiger partial charge in [0.15, 0.2) is 0 Å². The fourth-order valence-electron chi connectivity index (χ4n) is 6.07. The van der Waals surface area contributed by atoms with E-state index in [1.165, 1.54) is 13.2 Å². The maximum absolute atomic E-state index is 13.9. The number of piperidine rings is 1. The first-order valence-corrected chi connectivity index (χ1v) is 18.7. The fraction of sp³-hybridized carbons (Fsp3) is 0.343. The Morgan fingerprint density at radius 2 is 1.74 bits per heavy atom. The van der Waals surface area contributed by atoms with Crippen molar-refractivity contribution in [2.24, 2.45) is 0 Å². The third-order valence-corrected chi connectivity index (χ3v) is 10.1. The average Bonchev–Trinajstić information content (AvgIpc) is 3.12. The summed E-state index contributed by atoms with van der Waals surface area (Å²) < 4.78 is 66.8. The first-order valence-electron chi connectivity index (χ1n) is 16.8. The highest BCUT2D eigenvalue weighted by atomic mass is 32.2. The van der Waals surface area contributed by atoms with Crippen molar-refractivity contribution in [2.45, 2.75) is 38.1 Å². The van der Waals surface area contributed by atoms with Gasteiger partial charge in [0.2, 0.25) is 27.8 Å². The second kappa shape index (κ2) is 15.6. The van der Waals surface area contributed by atoms with E-state index in [9.17, 15) is 31.2 Å². The average molecular weight is 753 g/mol. The number of piperazine rings is 1. The Morgan fingerprint density at radius 3 is 2.43 bits per heavy atom. The van der Waals surface area contributed by atoms with Gasteiger partial charge in [-0.05, 0) is 54.4 Å². The Labute approximate surface area is 304 Å². The topological polar surface area (TPSA) is 165 Å². The number of imide groups is 1. The number of pyridine rings is 1. The summed E-state index contributed by atoms with van der Waals surface area (Å²) in [5, 5.41) is 11.3. The van der Waals surface area contributed by atoms with Crippen LogP contribution < -0.4 is 30.5 Å². The predicted octanol–water partition coefficient (Wildman–Crippen LogP) is 4.18. The van der Waals surface area contributed by atoms with Crippen LogP contribution in [-0.2, 0) is 38.9 Å². The summed E-state index contributed by atoms with van der Waals surface area (Å²) in [5.74, 6) is -1.01. The number of halogens is 3. The summed E-state index contributed by atoms with van der Waals surface area (Å²) in [6, 6.07) is 18.1. The second-order valence-corrected chi connectivity index (χ2v) is 14.8. The molecule has 0 bridgehead atoms. The normalized spacial score (nSPS) is 16.9. The van der Waals surface area contributed by atoms with Gasteiger partial charge in [0.25, 0.3) is 0 Å². The molecule has 0 spiro atoms. The Bertz CT molecular complexity index is 2060. The van der Waals surface area contributed by atoms with Gasteiger partial charge in [-0.2, -0.15) is 18.2 Å². The maximum atomic E-state index is 13.9. The van der Waals surface area contributed by atoms with Crippen molar-refractivity contribution < 1.29 is 31.2 Å². The van der Waals surface area contributed by atoms with Crippen LogP contribution in [0.15, 0.2) is 73.1 Å². The largest absolute Gasteiger partial charge is 0.421 e. The van der Waals surface area contributed by atoms with Crippen LogP contribution in [0.4, 0.5) is 47.8 Å². The zero-order chi connectivity index (χ0) is 37.8. The molecule has 1 unspecified atom stereocenters. The zero-order valence-corrected chi connectivity index (χ0v) is 29.8. The predicted molar refractivity (Wildman–Crippen MR) is 195 cm³/mol. The van der Waals surface area contributed by atoms with Crippen LogP contribution in [0.2, 0.25) is 0 Å². The molecule has 0 saturated carbocycles. The number of amides is 2. The molecule has 1 atom stereocenters. The number of aromatic nitrogens is 3. The standard InChI is InChI=1S/C35H39F3N10O4S/c1-46(53(2,51)52)32-24(6-4-14-39-32)20-40-31-28(35(36,37)38)21-41-34(45-31)43-25-8-10-27(11-9-25)48-17-15-47(16-18-48)22-23-5-3-7-26(19-23)42-29-12-13-30(49)44-33(29)50/h3-11,14,19,21,29,42H,12-13,15-18,20,22H2,1-2H3,(H,44,49,50)(H2,40,41,43,45). The highest BCUT2D eigenvalue weighted by Gasteiger charge is 2.35. The van der Waals surface area contributed by atoms with Crippen LogP contribution in [-0.4, -0.2) is 85.6 Å². The molecule has 2 saturated heterocycles. The van der Waals surface area contributed by atoms with Gasteiger partial charge in [0.1, 0.15) is 23.2 Å². The van der Waals surface area contributed by atoms with Crippen LogP contribution in [0, 0.1) is 0 Å². The maximum Gasteiger partial charge on any atom is 0.421 e. The molecule has 6 rings (SSSR count). The molecule has 2 aromatic carbocycles. The number of nitrogens with one attached hydrogen (secondary N) is 4. The van der Waals surface area contributed by atoms with Gasteiger partial charge in [-0.1, -0.05) is 18.2 Å². The lowest BCUT2D eigenvalue weighted by atomic mass is 10.1. The molecule has 2 aliphatic rings. The van der Waals surface area contributed by atoms with Crippen molar-refractivity contribution in [3.05, 3.63) is 89.7 Å². The van der Waals surface area contributed by atoms with Crippen molar-refractivity contribution in [2.75, 3.05) is 64.6 Å². The molecule has 0 radical (unpaired) electrons. The zero-order valence-electron chi connectivity index (χ0n) is 29.0. The van der Waals surface area contributed by atoms with Crippen LogP contribution >= 0.6 is 0 Å². The van der Waals surface area contributed by atoms with Crippen molar-refractivity contribution >= 4 is 56.5 Å². The number of hydrogen-bond donors (Lipinski definition) is 4. The van der Waals surface area contributed by atoms with Gasteiger partial charge in [-0.25, -0.2) is 18.4 Å². The van der Waals surface area contributed by atoms with E-state index in [1.54, 1.807) is 24.3 Å². The van der Waals surface area contributed by atoms with E-state index < -0.39 is 33.6 Å². The van der Waals surface area contributed by atoms with E-state index in [4.69, 9.17) is 0 Å². The van der Waals surface area contributed by atoms with Gasteiger partial charge in [0, 0.05) is 87.8 Å². The van der Waals surface area contributed by atoms with E-state index in [1.807, 2.05) is 36.4 Å². The lowest BCUT2D eigenvalue weighted by Crippen LogP contribution is -2.47. The Hall–Kier alpha value is -5.49. The minimum absolute atomic E-state index is 0.0575. The number of carbonyl (C=O) groups excluding carboxylic acids is 2. The van der Waals surface area contributed by atoms with E-state index in [-0.39, 0.29) is 30.1 Å². The number of hydrogen-bond acceptors (Lipinski definition) is 12. The molecule has 53 heavy (non-hydrogen) atoms. The van der Waals surface area contributed by atoms with Crippen molar-refractivity contribution in [1.82, 2.24) is 25.2 Å². The van der Waals surface area contributed by atoms with Crippen LogP contribution in [0.5, 0.6) is 0 Å². The lowest BCUT2D eigenvalue weighted by Gasteiger charge is -2.36. The molecule has 4 heterocycles. The quantitative estimate of drug-likeness (QED) is 0.153. The van der Waals surface area contributed by atoms with Crippen molar-refractivity contribution in [3.63, 3.8) is 0 Å². The summed E-state index contributed by atoms with van der Waals surface area (Å²) >= 11 is 0. The Kier molecular flexibility index (Phi) is 11.0. The summed E-state index contributed by atoms with van der Waals surface area (Å²) in [5.41, 5.74) is 2.79. The molecular formula is C35H39F3N10O4S. The molecule has 2 aromatic heterocycles. The molecule has 0 aliphatic carbocycles. The minimum atomic E-state index is -4.74. The van der Waals surface area contributed by atoms with Gasteiger partial charge < -0.3 is 20.9 Å². The Morgan fingerprint density at radius 1 is 0.981 bits per heavy atom. The third-order valence-electron chi connectivity index (χ3n) is 8.98. The minimum Gasteiger partial charge on any atom is -0.374 e. The highest BCUT2D eigenvalue weighted by molar-refractivity contribution is 7.92. The van der Waals surface area contributed by atoms with Crippen LogP contribution in [0.1, 0.15) is 29.5 Å². The molecule has 2 aliphatic heterocycles. The lowest BCUT2D eigenvalue weighted by molar-refractivity contribution is -0.137. The highest BCUT2D eigenvalue weighted by Crippen LogP contribution is 2.35. The molecule has 4 N–H and O–H groups in total. The molecule has 2 amide bonds. The summed E-state index contributed by atoms with van der Waals surface area (Å²) in [4.78, 5) is 40.3. The summed E-state index contributed by atoms with van der Waals surface area (Å²) in [7, 11) is -2.35. The Balaban J connectivity index is 1.05.